The number of hydrogen-bond acceptors (Lipinski definition) is 4. The van der Waals surface area contributed by atoms with Crippen molar-refractivity contribution < 1.29 is 13.6 Å². The molecule has 1 heterocycles. The van der Waals surface area contributed by atoms with Crippen LogP contribution in [0, 0.1) is 12.7 Å². The molecule has 0 saturated carbocycles. The molecule has 0 aliphatic carbocycles. The molecule has 0 spiro atoms. The molecule has 0 saturated heterocycles. The zero-order valence-corrected chi connectivity index (χ0v) is 13.4. The maximum atomic E-state index is 13.3. The maximum Gasteiger partial charge on any atom is 0.254 e. The molecule has 0 fully saturated rings. The predicted octanol–water partition coefficient (Wildman–Crippen LogP) is 3.46. The molecule has 24 heavy (non-hydrogen) atoms. The quantitative estimate of drug-likeness (QED) is 0.737. The number of carbonyl (C=O) groups excluding carboxylic acids is 1. The van der Waals surface area contributed by atoms with Crippen molar-refractivity contribution >= 4 is 5.91 Å². The number of halogens is 1. The molecule has 2 aromatic carbocycles. The van der Waals surface area contributed by atoms with Gasteiger partial charge in [-0.3, -0.25) is 4.79 Å². The van der Waals surface area contributed by atoms with Crippen LogP contribution in [0.2, 0.25) is 0 Å². The molecule has 0 N–H and O–H groups in total. The van der Waals surface area contributed by atoms with E-state index in [4.69, 9.17) is 4.42 Å². The van der Waals surface area contributed by atoms with Gasteiger partial charge < -0.3 is 9.32 Å². The normalized spacial score (nSPS) is 10.6. The molecule has 0 bridgehead atoms. The first-order valence-corrected chi connectivity index (χ1v) is 7.43. The third-order valence-corrected chi connectivity index (χ3v) is 3.58. The Balaban J connectivity index is 1.73. The molecule has 0 aliphatic rings. The first-order chi connectivity index (χ1) is 11.5. The third kappa shape index (κ3) is 3.48. The Kier molecular flexibility index (Phi) is 4.37. The maximum absolute atomic E-state index is 13.3. The number of aromatic nitrogens is 2. The SMILES string of the molecule is Cc1nnc(CN(C)C(=O)c2ccc(-c3cccc(F)c3)cc2)o1. The Bertz CT molecular complexity index is 859. The summed E-state index contributed by atoms with van der Waals surface area (Å²) >= 11 is 0. The van der Waals surface area contributed by atoms with Crippen LogP contribution in [0.25, 0.3) is 11.1 Å². The standard InChI is InChI=1S/C18H16FN3O2/c1-12-20-21-17(24-12)11-22(2)18(23)14-8-6-13(7-9-14)15-4-3-5-16(19)10-15/h3-10H,11H2,1-2H3. The highest BCUT2D eigenvalue weighted by atomic mass is 19.1. The second-order valence-electron chi connectivity index (χ2n) is 5.46. The van der Waals surface area contributed by atoms with E-state index in [0.717, 1.165) is 11.1 Å². The Hall–Kier alpha value is -3.02. The minimum absolute atomic E-state index is 0.156. The van der Waals surface area contributed by atoms with Crippen LogP contribution in [0.4, 0.5) is 4.39 Å². The van der Waals surface area contributed by atoms with Crippen molar-refractivity contribution in [1.29, 1.82) is 0 Å². The molecule has 6 heteroatoms. The molecule has 1 amide bonds. The number of nitrogens with zero attached hydrogens (tertiary/aromatic N) is 3. The largest absolute Gasteiger partial charge is 0.424 e. The van der Waals surface area contributed by atoms with Crippen molar-refractivity contribution in [2.24, 2.45) is 0 Å². The van der Waals surface area contributed by atoms with Gasteiger partial charge in [-0.2, -0.15) is 0 Å². The van der Waals surface area contributed by atoms with Crippen molar-refractivity contribution in [3.8, 4) is 11.1 Å². The highest BCUT2D eigenvalue weighted by molar-refractivity contribution is 5.94. The molecular formula is C18H16FN3O2. The number of carbonyl (C=O) groups is 1. The molecule has 1 aromatic heterocycles. The summed E-state index contributed by atoms with van der Waals surface area (Å²) in [7, 11) is 1.67. The molecule has 122 valence electrons. The van der Waals surface area contributed by atoms with Crippen LogP contribution >= 0.6 is 0 Å². The fourth-order valence-electron chi connectivity index (χ4n) is 2.37. The topological polar surface area (TPSA) is 59.2 Å². The van der Waals surface area contributed by atoms with Gasteiger partial charge in [0.05, 0.1) is 6.54 Å². The molecule has 0 radical (unpaired) electrons. The van der Waals surface area contributed by atoms with E-state index < -0.39 is 0 Å². The summed E-state index contributed by atoms with van der Waals surface area (Å²) in [5, 5.41) is 7.62. The zero-order chi connectivity index (χ0) is 17.1. The van der Waals surface area contributed by atoms with E-state index in [-0.39, 0.29) is 18.3 Å². The zero-order valence-electron chi connectivity index (χ0n) is 13.4. The van der Waals surface area contributed by atoms with Gasteiger partial charge >= 0.3 is 0 Å². The molecular weight excluding hydrogens is 309 g/mol. The summed E-state index contributed by atoms with van der Waals surface area (Å²) in [4.78, 5) is 13.9. The van der Waals surface area contributed by atoms with E-state index in [2.05, 4.69) is 10.2 Å². The molecule has 0 atom stereocenters. The van der Waals surface area contributed by atoms with Crippen molar-refractivity contribution in [3.05, 3.63) is 71.7 Å². The van der Waals surface area contributed by atoms with Gasteiger partial charge in [-0.25, -0.2) is 4.39 Å². The molecule has 3 aromatic rings. The lowest BCUT2D eigenvalue weighted by molar-refractivity contribution is 0.0772. The van der Waals surface area contributed by atoms with E-state index >= 15 is 0 Å². The number of amides is 1. The van der Waals surface area contributed by atoms with Gasteiger partial charge in [0.25, 0.3) is 5.91 Å². The summed E-state index contributed by atoms with van der Waals surface area (Å²) in [6.07, 6.45) is 0. The Morgan fingerprint density at radius 1 is 1.12 bits per heavy atom. The summed E-state index contributed by atoms with van der Waals surface area (Å²) < 4.78 is 18.6. The van der Waals surface area contributed by atoms with Gasteiger partial charge in [0.1, 0.15) is 5.82 Å². The monoisotopic (exact) mass is 325 g/mol. The second-order valence-corrected chi connectivity index (χ2v) is 5.46. The Morgan fingerprint density at radius 2 is 1.88 bits per heavy atom. The molecule has 5 nitrogen and oxygen atoms in total. The highest BCUT2D eigenvalue weighted by Gasteiger charge is 2.15. The van der Waals surface area contributed by atoms with Crippen LogP contribution in [0.1, 0.15) is 22.1 Å². The lowest BCUT2D eigenvalue weighted by Gasteiger charge is -2.15. The van der Waals surface area contributed by atoms with Crippen LogP contribution < -0.4 is 0 Å². The lowest BCUT2D eigenvalue weighted by atomic mass is 10.0. The van der Waals surface area contributed by atoms with Gasteiger partial charge in [0.2, 0.25) is 11.8 Å². The van der Waals surface area contributed by atoms with Crippen LogP contribution in [-0.2, 0) is 6.54 Å². The number of aryl methyl sites for hydroxylation is 1. The van der Waals surface area contributed by atoms with Gasteiger partial charge in [-0.15, -0.1) is 10.2 Å². The fraction of sp³-hybridized carbons (Fsp3) is 0.167. The van der Waals surface area contributed by atoms with Crippen molar-refractivity contribution in [3.63, 3.8) is 0 Å². The molecule has 0 unspecified atom stereocenters. The van der Waals surface area contributed by atoms with E-state index in [1.807, 2.05) is 6.07 Å². The average Bonchev–Trinajstić information content (AvgIpc) is 2.99. The van der Waals surface area contributed by atoms with Crippen molar-refractivity contribution in [2.45, 2.75) is 13.5 Å². The Morgan fingerprint density at radius 3 is 2.50 bits per heavy atom. The third-order valence-electron chi connectivity index (χ3n) is 3.58. The fourth-order valence-corrected chi connectivity index (χ4v) is 2.37. The Labute approximate surface area is 138 Å². The summed E-state index contributed by atoms with van der Waals surface area (Å²) in [5.41, 5.74) is 2.15. The lowest BCUT2D eigenvalue weighted by Crippen LogP contribution is -2.26. The summed E-state index contributed by atoms with van der Waals surface area (Å²) in [6, 6.07) is 13.4. The van der Waals surface area contributed by atoms with E-state index in [9.17, 15) is 9.18 Å². The van der Waals surface area contributed by atoms with E-state index in [0.29, 0.717) is 17.3 Å². The minimum atomic E-state index is -0.290. The number of benzene rings is 2. The van der Waals surface area contributed by atoms with Crippen LogP contribution in [-0.4, -0.2) is 28.1 Å². The van der Waals surface area contributed by atoms with Gasteiger partial charge in [0.15, 0.2) is 0 Å². The van der Waals surface area contributed by atoms with Crippen LogP contribution in [0.3, 0.4) is 0 Å². The van der Waals surface area contributed by atoms with Gasteiger partial charge in [-0.1, -0.05) is 24.3 Å². The smallest absolute Gasteiger partial charge is 0.254 e. The predicted molar refractivity (Wildman–Crippen MR) is 86.7 cm³/mol. The summed E-state index contributed by atoms with van der Waals surface area (Å²) in [6.45, 7) is 1.94. The minimum Gasteiger partial charge on any atom is -0.424 e. The summed E-state index contributed by atoms with van der Waals surface area (Å²) in [5.74, 6) is 0.406. The van der Waals surface area contributed by atoms with Gasteiger partial charge in [-0.05, 0) is 35.4 Å². The van der Waals surface area contributed by atoms with Crippen molar-refractivity contribution in [1.82, 2.24) is 15.1 Å². The van der Waals surface area contributed by atoms with E-state index in [1.165, 1.54) is 17.0 Å². The number of rotatable bonds is 4. The van der Waals surface area contributed by atoms with Crippen LogP contribution in [0.15, 0.2) is 52.9 Å². The van der Waals surface area contributed by atoms with Gasteiger partial charge in [0, 0.05) is 19.5 Å². The first kappa shape index (κ1) is 15.9. The average molecular weight is 325 g/mol. The molecule has 0 aliphatic heterocycles. The highest BCUT2D eigenvalue weighted by Crippen LogP contribution is 2.21. The first-order valence-electron chi connectivity index (χ1n) is 7.43. The second kappa shape index (κ2) is 6.62. The molecule has 3 rings (SSSR count). The van der Waals surface area contributed by atoms with Crippen molar-refractivity contribution in [2.75, 3.05) is 7.05 Å². The van der Waals surface area contributed by atoms with E-state index in [1.54, 1.807) is 44.3 Å². The number of hydrogen-bond donors (Lipinski definition) is 0. The van der Waals surface area contributed by atoms with Crippen LogP contribution in [0.5, 0.6) is 0 Å².